The molecule has 0 aromatic heterocycles. The van der Waals surface area contributed by atoms with Crippen molar-refractivity contribution in [3.8, 4) is 11.5 Å². The minimum absolute atomic E-state index is 0.0282. The first-order chi connectivity index (χ1) is 9.43. The summed E-state index contributed by atoms with van der Waals surface area (Å²) in [6.07, 6.45) is 0. The van der Waals surface area contributed by atoms with Crippen molar-refractivity contribution >= 4 is 11.7 Å². The van der Waals surface area contributed by atoms with Crippen LogP contribution in [0.25, 0.3) is 0 Å². The number of methoxy groups -OCH3 is 1. The zero-order chi connectivity index (χ0) is 15.3. The normalized spacial score (nSPS) is 10.2. The van der Waals surface area contributed by atoms with Gasteiger partial charge in [-0.1, -0.05) is 0 Å². The standard InChI is InChI=1S/C12H15NO7/c1-4-19-12(15)10-7(2)11(13(16)17)8(14)5-9(10)20-6-18-3/h5,14H,4,6H2,1-3H3. The number of ether oxygens (including phenoxy) is 3. The van der Waals surface area contributed by atoms with Gasteiger partial charge in [-0.15, -0.1) is 0 Å². The highest BCUT2D eigenvalue weighted by Crippen LogP contribution is 2.38. The van der Waals surface area contributed by atoms with Crippen LogP contribution in [-0.4, -0.2) is 36.5 Å². The van der Waals surface area contributed by atoms with Crippen LogP contribution < -0.4 is 4.74 Å². The molecule has 20 heavy (non-hydrogen) atoms. The van der Waals surface area contributed by atoms with Crippen LogP contribution in [0.5, 0.6) is 11.5 Å². The lowest BCUT2D eigenvalue weighted by Gasteiger charge is -2.13. The highest BCUT2D eigenvalue weighted by molar-refractivity contribution is 5.96. The first kappa shape index (κ1) is 15.7. The van der Waals surface area contributed by atoms with E-state index >= 15 is 0 Å². The summed E-state index contributed by atoms with van der Waals surface area (Å²) in [4.78, 5) is 22.0. The van der Waals surface area contributed by atoms with Gasteiger partial charge in [0.15, 0.2) is 12.5 Å². The number of nitro benzene ring substituents is 1. The van der Waals surface area contributed by atoms with E-state index in [-0.39, 0.29) is 30.3 Å². The van der Waals surface area contributed by atoms with Crippen molar-refractivity contribution in [1.29, 1.82) is 0 Å². The van der Waals surface area contributed by atoms with Gasteiger partial charge in [0.05, 0.1) is 11.5 Å². The van der Waals surface area contributed by atoms with Gasteiger partial charge in [0.1, 0.15) is 11.3 Å². The number of nitro groups is 1. The molecule has 0 amide bonds. The molecule has 0 aliphatic heterocycles. The first-order valence-electron chi connectivity index (χ1n) is 5.73. The Labute approximate surface area is 115 Å². The lowest BCUT2D eigenvalue weighted by atomic mass is 10.0. The second kappa shape index (κ2) is 6.71. The van der Waals surface area contributed by atoms with Crippen LogP contribution in [0.1, 0.15) is 22.8 Å². The Bertz CT molecular complexity index is 527. The number of phenols is 1. The Morgan fingerprint density at radius 1 is 1.50 bits per heavy atom. The molecule has 0 fully saturated rings. The zero-order valence-electron chi connectivity index (χ0n) is 11.3. The summed E-state index contributed by atoms with van der Waals surface area (Å²) in [6, 6.07) is 0.996. The fraction of sp³-hybridized carbons (Fsp3) is 0.417. The third-order valence-corrected chi connectivity index (χ3v) is 2.48. The lowest BCUT2D eigenvalue weighted by molar-refractivity contribution is -0.386. The predicted octanol–water partition coefficient (Wildman–Crippen LogP) is 1.77. The van der Waals surface area contributed by atoms with Crippen molar-refractivity contribution in [3.63, 3.8) is 0 Å². The van der Waals surface area contributed by atoms with Crippen LogP contribution in [0, 0.1) is 17.0 Å². The van der Waals surface area contributed by atoms with Crippen molar-refractivity contribution < 1.29 is 29.0 Å². The van der Waals surface area contributed by atoms with Crippen molar-refractivity contribution in [2.24, 2.45) is 0 Å². The molecule has 1 aromatic rings. The highest BCUT2D eigenvalue weighted by atomic mass is 16.7. The van der Waals surface area contributed by atoms with Crippen LogP contribution >= 0.6 is 0 Å². The molecule has 0 heterocycles. The van der Waals surface area contributed by atoms with Gasteiger partial charge < -0.3 is 19.3 Å². The minimum atomic E-state index is -0.770. The number of hydrogen-bond donors (Lipinski definition) is 1. The van der Waals surface area contributed by atoms with Crippen LogP contribution in [0.2, 0.25) is 0 Å². The molecule has 1 rings (SSSR count). The Hall–Kier alpha value is -2.35. The van der Waals surface area contributed by atoms with Gasteiger partial charge >= 0.3 is 11.7 Å². The van der Waals surface area contributed by atoms with Crippen molar-refractivity contribution in [2.75, 3.05) is 20.5 Å². The molecule has 0 aliphatic carbocycles. The van der Waals surface area contributed by atoms with Gasteiger partial charge in [0.25, 0.3) is 0 Å². The molecule has 0 saturated carbocycles. The quantitative estimate of drug-likeness (QED) is 0.367. The first-order valence-corrected chi connectivity index (χ1v) is 5.73. The Morgan fingerprint density at radius 3 is 2.65 bits per heavy atom. The predicted molar refractivity (Wildman–Crippen MR) is 68.0 cm³/mol. The maximum absolute atomic E-state index is 11.9. The molecular formula is C12H15NO7. The summed E-state index contributed by atoms with van der Waals surface area (Å²) in [7, 11) is 1.38. The number of hydrogen-bond acceptors (Lipinski definition) is 7. The SMILES string of the molecule is CCOC(=O)c1c(OCOC)cc(O)c([N+](=O)[O-])c1C. The molecule has 0 saturated heterocycles. The van der Waals surface area contributed by atoms with E-state index in [0.29, 0.717) is 0 Å². The summed E-state index contributed by atoms with van der Waals surface area (Å²) in [5.41, 5.74) is -0.689. The van der Waals surface area contributed by atoms with Gasteiger partial charge in [-0.05, 0) is 13.8 Å². The third kappa shape index (κ3) is 3.15. The summed E-state index contributed by atoms with van der Waals surface area (Å²) in [5, 5.41) is 20.6. The molecule has 0 atom stereocenters. The van der Waals surface area contributed by atoms with Gasteiger partial charge in [-0.2, -0.15) is 0 Å². The van der Waals surface area contributed by atoms with Crippen LogP contribution in [0.15, 0.2) is 6.07 Å². The van der Waals surface area contributed by atoms with Gasteiger partial charge in [-0.25, -0.2) is 4.79 Å². The topological polar surface area (TPSA) is 108 Å². The molecule has 1 N–H and O–H groups in total. The minimum Gasteiger partial charge on any atom is -0.502 e. The average molecular weight is 285 g/mol. The number of benzene rings is 1. The van der Waals surface area contributed by atoms with E-state index in [2.05, 4.69) is 0 Å². The molecule has 0 bridgehead atoms. The zero-order valence-corrected chi connectivity index (χ0v) is 11.3. The monoisotopic (exact) mass is 285 g/mol. The van der Waals surface area contributed by atoms with E-state index in [4.69, 9.17) is 14.2 Å². The van der Waals surface area contributed by atoms with Crippen LogP contribution in [0.4, 0.5) is 5.69 Å². The van der Waals surface area contributed by atoms with E-state index in [1.165, 1.54) is 14.0 Å². The number of esters is 1. The summed E-state index contributed by atoms with van der Waals surface area (Å²) < 4.78 is 14.7. The Morgan fingerprint density at radius 2 is 2.15 bits per heavy atom. The molecule has 0 unspecified atom stereocenters. The molecule has 0 spiro atoms. The van der Waals surface area contributed by atoms with E-state index in [9.17, 15) is 20.0 Å². The van der Waals surface area contributed by atoms with Crippen molar-refractivity contribution in [3.05, 3.63) is 27.3 Å². The molecule has 1 aromatic carbocycles. The highest BCUT2D eigenvalue weighted by Gasteiger charge is 2.28. The largest absolute Gasteiger partial charge is 0.502 e. The third-order valence-electron chi connectivity index (χ3n) is 2.48. The number of nitrogens with zero attached hydrogens (tertiary/aromatic N) is 1. The molecule has 0 aliphatic rings. The fourth-order valence-corrected chi connectivity index (χ4v) is 1.68. The Kier molecular flexibility index (Phi) is 5.27. The summed E-state index contributed by atoms with van der Waals surface area (Å²) >= 11 is 0. The van der Waals surface area contributed by atoms with Gasteiger partial charge in [-0.3, -0.25) is 10.1 Å². The summed E-state index contributed by atoms with van der Waals surface area (Å²) in [5.74, 6) is -1.39. The van der Waals surface area contributed by atoms with Gasteiger partial charge in [0.2, 0.25) is 0 Å². The fourth-order valence-electron chi connectivity index (χ4n) is 1.68. The molecule has 0 radical (unpaired) electrons. The molecule has 110 valence electrons. The second-order valence-corrected chi connectivity index (χ2v) is 3.77. The molecule has 8 heteroatoms. The second-order valence-electron chi connectivity index (χ2n) is 3.77. The van der Waals surface area contributed by atoms with Crippen molar-refractivity contribution in [2.45, 2.75) is 13.8 Å². The number of carbonyl (C=O) groups is 1. The van der Waals surface area contributed by atoms with E-state index < -0.39 is 22.3 Å². The summed E-state index contributed by atoms with van der Waals surface area (Å²) in [6.45, 7) is 2.88. The lowest BCUT2D eigenvalue weighted by Crippen LogP contribution is -2.12. The van der Waals surface area contributed by atoms with Crippen LogP contribution in [-0.2, 0) is 9.47 Å². The molecular weight excluding hydrogens is 270 g/mol. The number of aromatic hydroxyl groups is 1. The van der Waals surface area contributed by atoms with Crippen LogP contribution in [0.3, 0.4) is 0 Å². The number of rotatable bonds is 6. The maximum Gasteiger partial charge on any atom is 0.342 e. The van der Waals surface area contributed by atoms with E-state index in [1.807, 2.05) is 0 Å². The number of carbonyl (C=O) groups excluding carboxylic acids is 1. The van der Waals surface area contributed by atoms with Crippen molar-refractivity contribution in [1.82, 2.24) is 0 Å². The Balaban J connectivity index is 3.43. The smallest absolute Gasteiger partial charge is 0.342 e. The van der Waals surface area contributed by atoms with E-state index in [0.717, 1.165) is 6.07 Å². The van der Waals surface area contributed by atoms with Gasteiger partial charge in [0, 0.05) is 18.7 Å². The molecule has 8 nitrogen and oxygen atoms in total. The van der Waals surface area contributed by atoms with E-state index in [1.54, 1.807) is 6.92 Å². The average Bonchev–Trinajstić information content (AvgIpc) is 2.35. The number of phenolic OH excluding ortho intramolecular Hbond substituents is 1. The maximum atomic E-state index is 11.9.